The standard InChI is InChI=1S/C16H9ClF2N6O4/c17-16(18,19)15-23-14(25-29-15)7-1-3-8(4-2-7)22-11-10(12(26)13(11)27)20-5-9-21-6-28-24-9/h1-4,6,20,22H,5H2. The quantitative estimate of drug-likeness (QED) is 0.337. The number of hydrogen-bond donors (Lipinski definition) is 2. The van der Waals surface area contributed by atoms with E-state index in [0.29, 0.717) is 17.1 Å². The molecule has 2 N–H and O–H groups in total. The fraction of sp³-hybridized carbons (Fsp3) is 0.125. The second-order valence-electron chi connectivity index (χ2n) is 5.73. The highest BCUT2D eigenvalue weighted by molar-refractivity contribution is 6.21. The Balaban J connectivity index is 1.48. The van der Waals surface area contributed by atoms with Crippen molar-refractivity contribution in [3.8, 4) is 11.4 Å². The summed E-state index contributed by atoms with van der Waals surface area (Å²) < 4.78 is 35.0. The van der Waals surface area contributed by atoms with Gasteiger partial charge in [-0.3, -0.25) is 9.59 Å². The number of halogens is 3. The molecule has 0 saturated heterocycles. The lowest BCUT2D eigenvalue weighted by molar-refractivity contribution is 0.0551. The van der Waals surface area contributed by atoms with Gasteiger partial charge in [0.05, 0.1) is 6.54 Å². The van der Waals surface area contributed by atoms with Crippen molar-refractivity contribution in [3.05, 3.63) is 62.8 Å². The zero-order chi connectivity index (χ0) is 20.6. The molecule has 2 aromatic carbocycles. The predicted molar refractivity (Wildman–Crippen MR) is 95.7 cm³/mol. The monoisotopic (exact) mass is 422 g/mol. The Morgan fingerprint density at radius 3 is 2.41 bits per heavy atom. The van der Waals surface area contributed by atoms with Gasteiger partial charge in [0.2, 0.25) is 12.2 Å². The zero-order valence-electron chi connectivity index (χ0n) is 14.1. The average Bonchev–Trinajstić information content (AvgIpc) is 3.39. The van der Waals surface area contributed by atoms with Gasteiger partial charge >= 0.3 is 11.3 Å². The number of hydrogen-bond acceptors (Lipinski definition) is 10. The molecule has 0 bridgehead atoms. The summed E-state index contributed by atoms with van der Waals surface area (Å²) in [5, 5.41) is 8.87. The van der Waals surface area contributed by atoms with Crippen molar-refractivity contribution >= 4 is 28.7 Å². The molecule has 0 unspecified atom stereocenters. The van der Waals surface area contributed by atoms with Crippen LogP contribution in [0, 0.1) is 0 Å². The molecule has 0 spiro atoms. The van der Waals surface area contributed by atoms with E-state index >= 15 is 0 Å². The molecule has 0 aliphatic heterocycles. The molecule has 0 saturated carbocycles. The molecule has 13 heteroatoms. The maximum Gasteiger partial charge on any atom is 0.400 e. The molecular weight excluding hydrogens is 414 g/mol. The SMILES string of the molecule is O=c1c(NCc2ncon2)c(Nc2ccc(-c3noc(C(F)(F)Cl)n3)cc2)c1=O. The lowest BCUT2D eigenvalue weighted by Crippen LogP contribution is -2.36. The molecule has 0 amide bonds. The van der Waals surface area contributed by atoms with Gasteiger partial charge in [0.15, 0.2) is 5.82 Å². The van der Waals surface area contributed by atoms with Gasteiger partial charge in [0, 0.05) is 11.3 Å². The molecule has 0 fully saturated rings. The minimum absolute atomic E-state index is 0.0786. The van der Waals surface area contributed by atoms with Crippen molar-refractivity contribution in [2.75, 3.05) is 10.6 Å². The molecule has 10 nitrogen and oxygen atoms in total. The Hall–Kier alpha value is -3.67. The normalized spacial score (nSPS) is 11.7. The van der Waals surface area contributed by atoms with Gasteiger partial charge in [0.1, 0.15) is 11.4 Å². The van der Waals surface area contributed by atoms with Crippen LogP contribution in [0.1, 0.15) is 11.7 Å². The third kappa shape index (κ3) is 3.69. The van der Waals surface area contributed by atoms with Crippen LogP contribution in [-0.2, 0) is 11.9 Å². The van der Waals surface area contributed by atoms with Gasteiger partial charge in [-0.15, -0.1) is 0 Å². The summed E-state index contributed by atoms with van der Waals surface area (Å²) in [5.74, 6) is -0.781. The van der Waals surface area contributed by atoms with Crippen LogP contribution in [0.2, 0.25) is 0 Å². The largest absolute Gasteiger partial charge is 0.400 e. The van der Waals surface area contributed by atoms with Crippen molar-refractivity contribution in [2.24, 2.45) is 0 Å². The first-order valence-corrected chi connectivity index (χ1v) is 8.31. The summed E-state index contributed by atoms with van der Waals surface area (Å²) in [5.41, 5.74) is -0.335. The molecule has 148 valence electrons. The van der Waals surface area contributed by atoms with E-state index in [1.807, 2.05) is 0 Å². The number of aromatic nitrogens is 4. The Bertz CT molecular complexity index is 1210. The van der Waals surface area contributed by atoms with Gasteiger partial charge < -0.3 is 19.7 Å². The Labute approximate surface area is 164 Å². The van der Waals surface area contributed by atoms with Crippen LogP contribution >= 0.6 is 11.6 Å². The fourth-order valence-electron chi connectivity index (χ4n) is 2.42. The highest BCUT2D eigenvalue weighted by Crippen LogP contribution is 2.32. The third-order valence-electron chi connectivity index (χ3n) is 3.82. The van der Waals surface area contributed by atoms with E-state index in [2.05, 4.69) is 40.0 Å². The maximum absolute atomic E-state index is 13.0. The van der Waals surface area contributed by atoms with Crippen molar-refractivity contribution in [3.63, 3.8) is 0 Å². The van der Waals surface area contributed by atoms with Gasteiger partial charge in [-0.25, -0.2) is 0 Å². The minimum atomic E-state index is -3.76. The number of benzene rings is 1. The van der Waals surface area contributed by atoms with Crippen molar-refractivity contribution in [1.82, 2.24) is 20.3 Å². The molecule has 2 aromatic heterocycles. The van der Waals surface area contributed by atoms with Gasteiger partial charge in [-0.05, 0) is 35.9 Å². The zero-order valence-corrected chi connectivity index (χ0v) is 14.9. The highest BCUT2D eigenvalue weighted by atomic mass is 35.5. The number of alkyl halides is 3. The summed E-state index contributed by atoms with van der Waals surface area (Å²) in [7, 11) is 0. The second-order valence-corrected chi connectivity index (χ2v) is 6.21. The van der Waals surface area contributed by atoms with Crippen LogP contribution in [0.4, 0.5) is 25.8 Å². The predicted octanol–water partition coefficient (Wildman–Crippen LogP) is 2.36. The summed E-state index contributed by atoms with van der Waals surface area (Å²) >= 11 is 4.84. The topological polar surface area (TPSA) is 136 Å². The van der Waals surface area contributed by atoms with Crippen molar-refractivity contribution in [1.29, 1.82) is 0 Å². The van der Waals surface area contributed by atoms with Gasteiger partial charge in [-0.1, -0.05) is 10.3 Å². The number of nitrogens with zero attached hydrogens (tertiary/aromatic N) is 4. The van der Waals surface area contributed by atoms with Gasteiger partial charge in [0.25, 0.3) is 10.9 Å². The van der Waals surface area contributed by atoms with Crippen LogP contribution in [0.5, 0.6) is 0 Å². The van der Waals surface area contributed by atoms with Crippen LogP contribution in [-0.4, -0.2) is 20.3 Å². The molecule has 29 heavy (non-hydrogen) atoms. The van der Waals surface area contributed by atoms with Crippen LogP contribution in [0.15, 0.2) is 49.3 Å². The van der Waals surface area contributed by atoms with E-state index in [0.717, 1.165) is 6.39 Å². The van der Waals surface area contributed by atoms with E-state index in [1.165, 1.54) is 12.1 Å². The lowest BCUT2D eigenvalue weighted by atomic mass is 10.1. The maximum atomic E-state index is 13.0. The first kappa shape index (κ1) is 18.7. The summed E-state index contributed by atoms with van der Waals surface area (Å²) in [4.78, 5) is 31.0. The second kappa shape index (κ2) is 7.05. The average molecular weight is 423 g/mol. The summed E-state index contributed by atoms with van der Waals surface area (Å²) in [6.45, 7) is 0.0976. The fourth-order valence-corrected chi connectivity index (χ4v) is 2.50. The minimum Gasteiger partial charge on any atom is -0.373 e. The number of anilines is 3. The molecule has 0 radical (unpaired) electrons. The highest BCUT2D eigenvalue weighted by Gasteiger charge is 2.35. The van der Waals surface area contributed by atoms with E-state index in [9.17, 15) is 18.4 Å². The lowest BCUT2D eigenvalue weighted by Gasteiger charge is -2.14. The number of rotatable bonds is 7. The molecular formula is C16H9ClF2N6O4. The molecule has 4 rings (SSSR count). The first-order valence-electron chi connectivity index (χ1n) is 7.93. The van der Waals surface area contributed by atoms with E-state index in [1.54, 1.807) is 12.1 Å². The molecule has 0 aliphatic carbocycles. The van der Waals surface area contributed by atoms with E-state index in [4.69, 9.17) is 11.6 Å². The Morgan fingerprint density at radius 2 is 1.79 bits per heavy atom. The van der Waals surface area contributed by atoms with Crippen LogP contribution in [0.3, 0.4) is 0 Å². The van der Waals surface area contributed by atoms with E-state index < -0.39 is 22.1 Å². The first-order chi connectivity index (χ1) is 13.8. The third-order valence-corrected chi connectivity index (χ3v) is 3.98. The summed E-state index contributed by atoms with van der Waals surface area (Å²) in [6.07, 6.45) is 1.14. The number of nitrogens with one attached hydrogen (secondary N) is 2. The Morgan fingerprint density at radius 1 is 1.07 bits per heavy atom. The molecule has 4 aromatic rings. The van der Waals surface area contributed by atoms with Crippen molar-refractivity contribution in [2.45, 2.75) is 11.9 Å². The van der Waals surface area contributed by atoms with Gasteiger partial charge in [-0.2, -0.15) is 18.7 Å². The molecule has 2 heterocycles. The summed E-state index contributed by atoms with van der Waals surface area (Å²) in [6, 6.07) is 6.12. The van der Waals surface area contributed by atoms with Crippen LogP contribution < -0.4 is 21.5 Å². The molecule has 0 aliphatic rings. The smallest absolute Gasteiger partial charge is 0.373 e. The molecule has 0 atom stereocenters. The van der Waals surface area contributed by atoms with E-state index in [-0.39, 0.29) is 23.7 Å². The Kier molecular flexibility index (Phi) is 4.54. The van der Waals surface area contributed by atoms with Crippen molar-refractivity contribution < 1.29 is 17.8 Å². The van der Waals surface area contributed by atoms with Crippen LogP contribution in [0.25, 0.3) is 11.4 Å².